The van der Waals surface area contributed by atoms with Gasteiger partial charge in [-0.15, -0.1) is 0 Å². The summed E-state index contributed by atoms with van der Waals surface area (Å²) in [5, 5.41) is 9.42. The van der Waals surface area contributed by atoms with Crippen molar-refractivity contribution < 1.29 is 9.84 Å². The first-order valence-corrected chi connectivity index (χ1v) is 7.25. The Morgan fingerprint density at radius 1 is 1.20 bits per heavy atom. The molecule has 0 heterocycles. The van der Waals surface area contributed by atoms with Crippen LogP contribution in [0.1, 0.15) is 16.7 Å². The third-order valence-corrected chi connectivity index (χ3v) is 4.54. The lowest BCUT2D eigenvalue weighted by Crippen LogP contribution is -2.01. The van der Waals surface area contributed by atoms with Crippen LogP contribution in [0.15, 0.2) is 46.2 Å². The molecular weight excluding hydrogens is 270 g/mol. The first-order valence-electron chi connectivity index (χ1n) is 6.43. The van der Waals surface area contributed by atoms with Crippen molar-refractivity contribution in [2.75, 3.05) is 7.11 Å². The molecule has 0 aliphatic heterocycles. The lowest BCUT2D eigenvalue weighted by molar-refractivity contribution is 0.279. The number of benzene rings is 2. The van der Waals surface area contributed by atoms with Gasteiger partial charge >= 0.3 is 0 Å². The maximum absolute atomic E-state index is 9.42. The summed E-state index contributed by atoms with van der Waals surface area (Å²) in [5.41, 5.74) is 8.96. The SMILES string of the molecule is COc1cc(C)c(Sc2ccccc2CO)c(CN)c1. The molecule has 0 radical (unpaired) electrons. The third-order valence-electron chi connectivity index (χ3n) is 3.14. The van der Waals surface area contributed by atoms with Crippen molar-refractivity contribution in [1.82, 2.24) is 0 Å². The first kappa shape index (κ1) is 14.9. The molecule has 0 spiro atoms. The molecule has 0 aromatic heterocycles. The molecule has 2 rings (SSSR count). The Bertz CT molecular complexity index is 599. The molecule has 2 aromatic carbocycles. The van der Waals surface area contributed by atoms with Crippen LogP contribution < -0.4 is 10.5 Å². The summed E-state index contributed by atoms with van der Waals surface area (Å²) in [6.07, 6.45) is 0. The molecule has 3 N–H and O–H groups in total. The minimum absolute atomic E-state index is 0.0380. The van der Waals surface area contributed by atoms with Crippen LogP contribution in [0, 0.1) is 6.92 Å². The summed E-state index contributed by atoms with van der Waals surface area (Å²) in [6, 6.07) is 11.8. The maximum Gasteiger partial charge on any atom is 0.119 e. The Hall–Kier alpha value is -1.49. The molecule has 0 bridgehead atoms. The lowest BCUT2D eigenvalue weighted by atomic mass is 10.1. The fraction of sp³-hybridized carbons (Fsp3) is 0.250. The van der Waals surface area contributed by atoms with E-state index in [1.165, 1.54) is 0 Å². The van der Waals surface area contributed by atoms with Crippen LogP contribution in [0.5, 0.6) is 5.75 Å². The fourth-order valence-electron chi connectivity index (χ4n) is 2.07. The number of aliphatic hydroxyl groups is 1. The van der Waals surface area contributed by atoms with Crippen molar-refractivity contribution in [3.8, 4) is 5.75 Å². The highest BCUT2D eigenvalue weighted by molar-refractivity contribution is 7.99. The van der Waals surface area contributed by atoms with Gasteiger partial charge in [0.05, 0.1) is 13.7 Å². The minimum Gasteiger partial charge on any atom is -0.497 e. The zero-order chi connectivity index (χ0) is 14.5. The zero-order valence-corrected chi connectivity index (χ0v) is 12.5. The van der Waals surface area contributed by atoms with Gasteiger partial charge in [-0.3, -0.25) is 0 Å². The summed E-state index contributed by atoms with van der Waals surface area (Å²) in [5.74, 6) is 0.822. The first-order chi connectivity index (χ1) is 9.69. The van der Waals surface area contributed by atoms with Gasteiger partial charge in [-0.1, -0.05) is 30.0 Å². The highest BCUT2D eigenvalue weighted by Crippen LogP contribution is 2.37. The van der Waals surface area contributed by atoms with Gasteiger partial charge in [0.2, 0.25) is 0 Å². The average molecular weight is 289 g/mol. The second kappa shape index (κ2) is 6.79. The monoisotopic (exact) mass is 289 g/mol. The Morgan fingerprint density at radius 2 is 1.95 bits per heavy atom. The molecule has 2 aromatic rings. The number of aliphatic hydroxyl groups excluding tert-OH is 1. The van der Waals surface area contributed by atoms with Crippen molar-refractivity contribution >= 4 is 11.8 Å². The fourth-order valence-corrected chi connectivity index (χ4v) is 3.19. The van der Waals surface area contributed by atoms with E-state index >= 15 is 0 Å². The number of rotatable bonds is 5. The second-order valence-electron chi connectivity index (χ2n) is 4.50. The Labute approximate surface area is 123 Å². The van der Waals surface area contributed by atoms with E-state index in [9.17, 15) is 5.11 Å². The van der Waals surface area contributed by atoms with E-state index in [1.807, 2.05) is 43.3 Å². The molecule has 106 valence electrons. The quantitative estimate of drug-likeness (QED) is 0.888. The van der Waals surface area contributed by atoms with E-state index < -0.39 is 0 Å². The highest BCUT2D eigenvalue weighted by atomic mass is 32.2. The lowest BCUT2D eigenvalue weighted by Gasteiger charge is -2.14. The van der Waals surface area contributed by atoms with E-state index in [4.69, 9.17) is 10.5 Å². The van der Waals surface area contributed by atoms with Gasteiger partial charge in [-0.2, -0.15) is 0 Å². The summed E-state index contributed by atoms with van der Waals surface area (Å²) in [7, 11) is 1.66. The van der Waals surface area contributed by atoms with Crippen LogP contribution in [0.25, 0.3) is 0 Å². The standard InChI is InChI=1S/C16H19NO2S/c1-11-7-14(19-2)8-13(9-17)16(11)20-15-6-4-3-5-12(15)10-18/h3-8,18H,9-10,17H2,1-2H3. The van der Waals surface area contributed by atoms with E-state index in [0.717, 1.165) is 32.2 Å². The van der Waals surface area contributed by atoms with Crippen LogP contribution in [0.3, 0.4) is 0 Å². The van der Waals surface area contributed by atoms with Crippen LogP contribution in [0.2, 0.25) is 0 Å². The average Bonchev–Trinajstić information content (AvgIpc) is 2.49. The van der Waals surface area contributed by atoms with Crippen molar-refractivity contribution in [3.05, 3.63) is 53.1 Å². The molecule has 4 heteroatoms. The largest absolute Gasteiger partial charge is 0.497 e. The van der Waals surface area contributed by atoms with Crippen LogP contribution in [-0.2, 0) is 13.2 Å². The van der Waals surface area contributed by atoms with Crippen molar-refractivity contribution in [2.45, 2.75) is 29.9 Å². The minimum atomic E-state index is 0.0380. The number of hydrogen-bond donors (Lipinski definition) is 2. The topological polar surface area (TPSA) is 55.5 Å². The van der Waals surface area contributed by atoms with Gasteiger partial charge in [0, 0.05) is 16.3 Å². The van der Waals surface area contributed by atoms with Gasteiger partial charge in [-0.25, -0.2) is 0 Å². The molecular formula is C16H19NO2S. The molecule has 0 saturated heterocycles. The molecule has 0 aliphatic carbocycles. The zero-order valence-electron chi connectivity index (χ0n) is 11.7. The second-order valence-corrected chi connectivity index (χ2v) is 5.56. The summed E-state index contributed by atoms with van der Waals surface area (Å²) in [4.78, 5) is 2.19. The van der Waals surface area contributed by atoms with Crippen molar-refractivity contribution in [2.24, 2.45) is 5.73 Å². The molecule has 0 saturated carbocycles. The Balaban J connectivity index is 2.42. The molecule has 0 atom stereocenters. The van der Waals surface area contributed by atoms with Crippen LogP contribution in [0.4, 0.5) is 0 Å². The highest BCUT2D eigenvalue weighted by Gasteiger charge is 2.11. The number of aryl methyl sites for hydroxylation is 1. The van der Waals surface area contributed by atoms with Crippen molar-refractivity contribution in [3.63, 3.8) is 0 Å². The van der Waals surface area contributed by atoms with E-state index in [-0.39, 0.29) is 6.61 Å². The number of ether oxygens (including phenoxy) is 1. The summed E-state index contributed by atoms with van der Waals surface area (Å²) in [6.45, 7) is 2.55. The van der Waals surface area contributed by atoms with E-state index in [1.54, 1.807) is 18.9 Å². The van der Waals surface area contributed by atoms with Gasteiger partial charge in [-0.05, 0) is 41.8 Å². The van der Waals surface area contributed by atoms with Gasteiger partial charge in [0.1, 0.15) is 5.75 Å². The van der Waals surface area contributed by atoms with Gasteiger partial charge in [0.15, 0.2) is 0 Å². The third kappa shape index (κ3) is 3.15. The molecule has 20 heavy (non-hydrogen) atoms. The molecule has 3 nitrogen and oxygen atoms in total. The number of methoxy groups -OCH3 is 1. The molecule has 0 aliphatic rings. The predicted octanol–water partition coefficient (Wildman–Crippen LogP) is 3.11. The van der Waals surface area contributed by atoms with Gasteiger partial charge in [0.25, 0.3) is 0 Å². The molecule has 0 unspecified atom stereocenters. The van der Waals surface area contributed by atoms with E-state index in [0.29, 0.717) is 6.54 Å². The van der Waals surface area contributed by atoms with Gasteiger partial charge < -0.3 is 15.6 Å². The molecule has 0 amide bonds. The predicted molar refractivity (Wildman–Crippen MR) is 82.1 cm³/mol. The molecule has 0 fully saturated rings. The van der Waals surface area contributed by atoms with Crippen LogP contribution >= 0.6 is 11.8 Å². The summed E-state index contributed by atoms with van der Waals surface area (Å²) < 4.78 is 5.28. The summed E-state index contributed by atoms with van der Waals surface area (Å²) >= 11 is 1.64. The smallest absolute Gasteiger partial charge is 0.119 e. The van der Waals surface area contributed by atoms with E-state index in [2.05, 4.69) is 0 Å². The van der Waals surface area contributed by atoms with Crippen LogP contribution in [-0.4, -0.2) is 12.2 Å². The normalized spacial score (nSPS) is 10.6. The van der Waals surface area contributed by atoms with Crippen molar-refractivity contribution in [1.29, 1.82) is 0 Å². The maximum atomic E-state index is 9.42. The number of nitrogens with two attached hydrogens (primary N) is 1. The Morgan fingerprint density at radius 3 is 2.60 bits per heavy atom. The Kier molecular flexibility index (Phi) is 5.06. The number of hydrogen-bond acceptors (Lipinski definition) is 4.